The molecule has 0 bridgehead atoms. The number of hydroxylamine groups is 1. The van der Waals surface area contributed by atoms with Crippen molar-refractivity contribution in [3.63, 3.8) is 0 Å². The topological polar surface area (TPSA) is 87.7 Å². The van der Waals surface area contributed by atoms with Crippen molar-refractivity contribution in [2.45, 2.75) is 31.5 Å². The number of rotatable bonds is 5. The molecule has 1 fully saturated rings. The summed E-state index contributed by atoms with van der Waals surface area (Å²) < 4.78 is 44.5. The van der Waals surface area contributed by atoms with E-state index >= 15 is 0 Å². The molecule has 0 spiro atoms. The molecule has 9 heteroatoms. The number of hydrogen-bond acceptors (Lipinski definition) is 4. The molecule has 6 nitrogen and oxygen atoms in total. The Morgan fingerprint density at radius 2 is 1.72 bits per heavy atom. The van der Waals surface area contributed by atoms with Gasteiger partial charge >= 0.3 is 6.18 Å². The average molecular weight is 408 g/mol. The van der Waals surface area contributed by atoms with E-state index in [0.717, 1.165) is 12.5 Å². The summed E-state index contributed by atoms with van der Waals surface area (Å²) in [4.78, 5) is 24.1. The fourth-order valence-electron chi connectivity index (χ4n) is 3.37. The molecule has 0 unspecified atom stereocenters. The minimum Gasteiger partial charge on any atom is -0.457 e. The van der Waals surface area contributed by atoms with Crippen LogP contribution in [0.3, 0.4) is 0 Å². The molecule has 0 heterocycles. The van der Waals surface area contributed by atoms with E-state index in [1.165, 1.54) is 42.5 Å². The first-order valence-corrected chi connectivity index (χ1v) is 8.98. The zero-order chi connectivity index (χ0) is 21.0. The largest absolute Gasteiger partial charge is 0.457 e. The molecule has 2 aromatic rings. The van der Waals surface area contributed by atoms with Gasteiger partial charge in [0.25, 0.3) is 5.91 Å². The molecule has 2 aromatic carbocycles. The van der Waals surface area contributed by atoms with Gasteiger partial charge in [-0.1, -0.05) is 18.6 Å². The lowest BCUT2D eigenvalue weighted by Gasteiger charge is -2.19. The average Bonchev–Trinajstić information content (AvgIpc) is 3.15. The van der Waals surface area contributed by atoms with Crippen LogP contribution < -0.4 is 15.5 Å². The summed E-state index contributed by atoms with van der Waals surface area (Å²) >= 11 is 0. The first-order valence-electron chi connectivity index (χ1n) is 8.98. The Balaban J connectivity index is 1.68. The zero-order valence-corrected chi connectivity index (χ0v) is 15.2. The maximum Gasteiger partial charge on any atom is 0.419 e. The summed E-state index contributed by atoms with van der Waals surface area (Å²) in [7, 11) is 0. The van der Waals surface area contributed by atoms with Gasteiger partial charge in [0, 0.05) is 11.6 Å². The Morgan fingerprint density at radius 1 is 1.03 bits per heavy atom. The predicted octanol–water partition coefficient (Wildman–Crippen LogP) is 3.90. The SMILES string of the molecule is O=C(N[C@@H]1CCC[C@@H]1C(=O)NO)c1ccc(Oc2ccccc2C(F)(F)F)cc1. The Morgan fingerprint density at radius 3 is 2.38 bits per heavy atom. The number of carbonyl (C=O) groups excluding carboxylic acids is 2. The van der Waals surface area contributed by atoms with Crippen molar-refractivity contribution in [2.75, 3.05) is 0 Å². The van der Waals surface area contributed by atoms with E-state index in [0.29, 0.717) is 12.8 Å². The number of carbonyl (C=O) groups is 2. The minimum absolute atomic E-state index is 0.150. The number of ether oxygens (including phenoxy) is 1. The normalized spacial score (nSPS) is 18.9. The number of benzene rings is 2. The van der Waals surface area contributed by atoms with Gasteiger partial charge in [0.05, 0.1) is 11.5 Å². The number of nitrogens with one attached hydrogen (secondary N) is 2. The third-order valence-corrected chi connectivity index (χ3v) is 4.82. The van der Waals surface area contributed by atoms with Crippen molar-refractivity contribution in [1.29, 1.82) is 0 Å². The van der Waals surface area contributed by atoms with Crippen LogP contribution in [0.4, 0.5) is 13.2 Å². The van der Waals surface area contributed by atoms with E-state index in [-0.39, 0.29) is 17.1 Å². The second-order valence-electron chi connectivity index (χ2n) is 6.71. The number of hydrogen-bond donors (Lipinski definition) is 3. The van der Waals surface area contributed by atoms with Gasteiger partial charge < -0.3 is 10.1 Å². The van der Waals surface area contributed by atoms with Crippen molar-refractivity contribution in [3.8, 4) is 11.5 Å². The number of alkyl halides is 3. The smallest absolute Gasteiger partial charge is 0.419 e. The van der Waals surface area contributed by atoms with E-state index < -0.39 is 35.5 Å². The van der Waals surface area contributed by atoms with Gasteiger partial charge in [0.2, 0.25) is 5.91 Å². The number of halogens is 3. The maximum absolute atomic E-state index is 13.1. The van der Waals surface area contributed by atoms with Gasteiger partial charge in [-0.2, -0.15) is 13.2 Å². The fourth-order valence-corrected chi connectivity index (χ4v) is 3.37. The van der Waals surface area contributed by atoms with E-state index in [9.17, 15) is 22.8 Å². The van der Waals surface area contributed by atoms with Gasteiger partial charge in [-0.3, -0.25) is 14.8 Å². The van der Waals surface area contributed by atoms with Crippen molar-refractivity contribution < 1.29 is 32.7 Å². The van der Waals surface area contributed by atoms with Gasteiger partial charge in [-0.15, -0.1) is 0 Å². The van der Waals surface area contributed by atoms with Crippen LogP contribution in [0.1, 0.15) is 35.2 Å². The zero-order valence-electron chi connectivity index (χ0n) is 15.2. The molecule has 0 radical (unpaired) electrons. The Labute approximate surface area is 164 Å². The summed E-state index contributed by atoms with van der Waals surface area (Å²) in [5, 5.41) is 11.5. The monoisotopic (exact) mass is 408 g/mol. The minimum atomic E-state index is -4.55. The maximum atomic E-state index is 13.1. The fraction of sp³-hybridized carbons (Fsp3) is 0.300. The van der Waals surface area contributed by atoms with E-state index in [1.54, 1.807) is 5.48 Å². The molecule has 2 amide bonds. The molecule has 3 N–H and O–H groups in total. The van der Waals surface area contributed by atoms with Crippen molar-refractivity contribution >= 4 is 11.8 Å². The predicted molar refractivity (Wildman–Crippen MR) is 96.5 cm³/mol. The van der Waals surface area contributed by atoms with Crippen molar-refractivity contribution in [1.82, 2.24) is 10.8 Å². The molecular weight excluding hydrogens is 389 g/mol. The van der Waals surface area contributed by atoms with Crippen LogP contribution in [0.15, 0.2) is 48.5 Å². The highest BCUT2D eigenvalue weighted by atomic mass is 19.4. The van der Waals surface area contributed by atoms with Crippen LogP contribution in [0.25, 0.3) is 0 Å². The molecule has 1 saturated carbocycles. The molecule has 0 saturated heterocycles. The Hall–Kier alpha value is -3.07. The summed E-state index contributed by atoms with van der Waals surface area (Å²) in [6, 6.07) is 10.1. The Kier molecular flexibility index (Phi) is 6.07. The molecule has 0 aliphatic heterocycles. The highest BCUT2D eigenvalue weighted by molar-refractivity contribution is 5.95. The molecular formula is C20H19F3N2O4. The van der Waals surface area contributed by atoms with E-state index in [4.69, 9.17) is 9.94 Å². The van der Waals surface area contributed by atoms with Crippen molar-refractivity contribution in [2.24, 2.45) is 5.92 Å². The third-order valence-electron chi connectivity index (χ3n) is 4.82. The van der Waals surface area contributed by atoms with Gasteiger partial charge in [0.15, 0.2) is 0 Å². The highest BCUT2D eigenvalue weighted by Crippen LogP contribution is 2.37. The Bertz CT molecular complexity index is 884. The third kappa shape index (κ3) is 4.86. The molecule has 154 valence electrons. The van der Waals surface area contributed by atoms with Crippen molar-refractivity contribution in [3.05, 3.63) is 59.7 Å². The van der Waals surface area contributed by atoms with Crippen LogP contribution in [0, 0.1) is 5.92 Å². The summed E-state index contributed by atoms with van der Waals surface area (Å²) in [5.74, 6) is -1.65. The van der Waals surface area contributed by atoms with Gasteiger partial charge in [-0.05, 0) is 49.2 Å². The summed E-state index contributed by atoms with van der Waals surface area (Å²) in [6.45, 7) is 0. The van der Waals surface area contributed by atoms with E-state index in [1.807, 2.05) is 0 Å². The molecule has 0 aromatic heterocycles. The molecule has 1 aliphatic carbocycles. The molecule has 29 heavy (non-hydrogen) atoms. The molecule has 1 aliphatic rings. The van der Waals surface area contributed by atoms with Crippen LogP contribution in [-0.2, 0) is 11.0 Å². The highest BCUT2D eigenvalue weighted by Gasteiger charge is 2.35. The van der Waals surface area contributed by atoms with Crippen LogP contribution in [0.2, 0.25) is 0 Å². The number of amides is 2. The van der Waals surface area contributed by atoms with E-state index in [2.05, 4.69) is 5.32 Å². The molecule has 2 atom stereocenters. The van der Waals surface area contributed by atoms with Gasteiger partial charge in [0.1, 0.15) is 11.5 Å². The van der Waals surface area contributed by atoms with Gasteiger partial charge in [-0.25, -0.2) is 5.48 Å². The summed E-state index contributed by atoms with van der Waals surface area (Å²) in [5.41, 5.74) is 0.991. The lowest BCUT2D eigenvalue weighted by Crippen LogP contribution is -2.43. The molecule has 3 rings (SSSR count). The van der Waals surface area contributed by atoms with Crippen LogP contribution in [0.5, 0.6) is 11.5 Å². The first-order chi connectivity index (χ1) is 13.8. The second kappa shape index (κ2) is 8.52. The standard InChI is InChI=1S/C20H19F3N2O4/c21-20(22,23)15-5-1-2-7-17(15)29-13-10-8-12(9-11-13)18(26)24-16-6-3-4-14(16)19(27)25-28/h1-2,5,7-11,14,16,28H,3-4,6H2,(H,24,26)(H,25,27)/t14-,16+/m0/s1. The first kappa shape index (κ1) is 20.7. The van der Waals surface area contributed by atoms with Crippen LogP contribution in [-0.4, -0.2) is 23.1 Å². The second-order valence-corrected chi connectivity index (χ2v) is 6.71. The lowest BCUT2D eigenvalue weighted by molar-refractivity contribution is -0.138. The quantitative estimate of drug-likeness (QED) is 0.517. The summed E-state index contributed by atoms with van der Waals surface area (Å²) in [6.07, 6.45) is -2.63. The van der Waals surface area contributed by atoms with Crippen LogP contribution >= 0.6 is 0 Å². The number of para-hydroxylation sites is 1. The lowest BCUT2D eigenvalue weighted by atomic mass is 10.0.